The fourth-order valence-electron chi connectivity index (χ4n) is 2.57. The zero-order valence-corrected chi connectivity index (χ0v) is 12.9. The molecule has 2 atom stereocenters. The molecule has 0 aromatic carbocycles. The Bertz CT molecular complexity index is 489. The van der Waals surface area contributed by atoms with Crippen molar-refractivity contribution in [1.82, 2.24) is 18.4 Å². The van der Waals surface area contributed by atoms with Gasteiger partial charge in [0.1, 0.15) is 0 Å². The molecule has 1 N–H and O–H groups in total. The summed E-state index contributed by atoms with van der Waals surface area (Å²) in [6, 6.07) is 0.156. The number of piperidine rings is 1. The van der Waals surface area contributed by atoms with Crippen molar-refractivity contribution < 1.29 is 8.42 Å². The third-order valence-corrected chi connectivity index (χ3v) is 5.37. The second-order valence-corrected chi connectivity index (χ2v) is 7.58. The van der Waals surface area contributed by atoms with Crippen LogP contribution in [0.5, 0.6) is 0 Å². The first-order chi connectivity index (χ1) is 9.00. The fourth-order valence-corrected chi connectivity index (χ4v) is 3.98. The standard InChI is InChI=1S/C11H20N4O2S2/c1-12-10(11-7-13-18-14-11)6-9-4-3-5-15(8-9)19(2,16)17/h7,9-10,12H,3-6,8H2,1-2H3. The lowest BCUT2D eigenvalue weighted by Crippen LogP contribution is -2.40. The number of hydrogen-bond donors (Lipinski definition) is 1. The Morgan fingerprint density at radius 2 is 2.42 bits per heavy atom. The summed E-state index contributed by atoms with van der Waals surface area (Å²) in [6.07, 6.45) is 5.97. The van der Waals surface area contributed by atoms with Crippen molar-refractivity contribution in [3.05, 3.63) is 11.9 Å². The molecule has 2 unspecified atom stereocenters. The van der Waals surface area contributed by atoms with Crippen molar-refractivity contribution in [2.75, 3.05) is 26.4 Å². The Labute approximate surface area is 118 Å². The molecule has 0 bridgehead atoms. The third-order valence-electron chi connectivity index (χ3n) is 3.60. The van der Waals surface area contributed by atoms with Crippen LogP contribution in [0.1, 0.15) is 31.0 Å². The zero-order valence-electron chi connectivity index (χ0n) is 11.2. The molecule has 6 nitrogen and oxygen atoms in total. The number of hydrogen-bond acceptors (Lipinski definition) is 6. The quantitative estimate of drug-likeness (QED) is 0.873. The van der Waals surface area contributed by atoms with E-state index < -0.39 is 10.0 Å². The molecule has 108 valence electrons. The smallest absolute Gasteiger partial charge is 0.211 e. The average molecular weight is 304 g/mol. The van der Waals surface area contributed by atoms with Crippen LogP contribution in [0.15, 0.2) is 6.20 Å². The summed E-state index contributed by atoms with van der Waals surface area (Å²) in [7, 11) is -1.16. The molecule has 0 saturated carbocycles. The minimum Gasteiger partial charge on any atom is -0.312 e. The fraction of sp³-hybridized carbons (Fsp3) is 0.818. The van der Waals surface area contributed by atoms with Crippen LogP contribution in [0.4, 0.5) is 0 Å². The molecular weight excluding hydrogens is 284 g/mol. The summed E-state index contributed by atoms with van der Waals surface area (Å²) in [4.78, 5) is 0. The van der Waals surface area contributed by atoms with Gasteiger partial charge in [-0.3, -0.25) is 0 Å². The van der Waals surface area contributed by atoms with E-state index in [1.165, 1.54) is 18.0 Å². The van der Waals surface area contributed by atoms with Gasteiger partial charge in [0.2, 0.25) is 10.0 Å². The predicted molar refractivity (Wildman–Crippen MR) is 75.5 cm³/mol. The van der Waals surface area contributed by atoms with Gasteiger partial charge in [-0.1, -0.05) is 0 Å². The molecule has 0 amide bonds. The maximum atomic E-state index is 11.6. The Kier molecular flexibility index (Phi) is 4.88. The molecule has 2 rings (SSSR count). The van der Waals surface area contributed by atoms with Crippen molar-refractivity contribution in [2.45, 2.75) is 25.3 Å². The van der Waals surface area contributed by atoms with Gasteiger partial charge in [0.15, 0.2) is 0 Å². The van der Waals surface area contributed by atoms with Crippen LogP contribution < -0.4 is 5.32 Å². The molecule has 1 aromatic rings. The van der Waals surface area contributed by atoms with Crippen molar-refractivity contribution in [1.29, 1.82) is 0 Å². The molecule has 0 spiro atoms. The number of nitrogens with zero attached hydrogens (tertiary/aromatic N) is 3. The van der Waals surface area contributed by atoms with E-state index in [-0.39, 0.29) is 6.04 Å². The van der Waals surface area contributed by atoms with Crippen molar-refractivity contribution >= 4 is 21.8 Å². The van der Waals surface area contributed by atoms with Gasteiger partial charge in [-0.25, -0.2) is 12.7 Å². The first kappa shape index (κ1) is 14.8. The molecule has 0 radical (unpaired) electrons. The van der Waals surface area contributed by atoms with E-state index in [1.807, 2.05) is 7.05 Å². The normalized spacial score (nSPS) is 23.4. The molecule has 1 aliphatic heterocycles. The van der Waals surface area contributed by atoms with Crippen LogP contribution in [0.25, 0.3) is 0 Å². The zero-order chi connectivity index (χ0) is 13.9. The van der Waals surface area contributed by atoms with E-state index in [2.05, 4.69) is 14.1 Å². The molecular formula is C11H20N4O2S2. The van der Waals surface area contributed by atoms with E-state index in [9.17, 15) is 8.42 Å². The SMILES string of the molecule is CNC(CC1CCCN(S(C)(=O)=O)C1)c1cnsn1. The lowest BCUT2D eigenvalue weighted by molar-refractivity contribution is 0.240. The number of rotatable bonds is 5. The molecule has 1 fully saturated rings. The number of nitrogens with one attached hydrogen (secondary N) is 1. The van der Waals surface area contributed by atoms with Gasteiger partial charge in [-0.2, -0.15) is 8.75 Å². The molecule has 1 aliphatic rings. The Hall–Kier alpha value is -0.570. The minimum atomic E-state index is -3.07. The molecule has 1 aromatic heterocycles. The van der Waals surface area contributed by atoms with E-state index >= 15 is 0 Å². The predicted octanol–water partition coefficient (Wildman–Crippen LogP) is 0.860. The number of sulfonamides is 1. The highest BCUT2D eigenvalue weighted by Crippen LogP contribution is 2.27. The van der Waals surface area contributed by atoms with Gasteiger partial charge in [0.05, 0.1) is 35.9 Å². The molecule has 2 heterocycles. The highest BCUT2D eigenvalue weighted by molar-refractivity contribution is 7.88. The van der Waals surface area contributed by atoms with Crippen molar-refractivity contribution in [2.24, 2.45) is 5.92 Å². The van der Waals surface area contributed by atoms with Gasteiger partial charge < -0.3 is 5.32 Å². The summed E-state index contributed by atoms with van der Waals surface area (Å²) < 4.78 is 33.1. The molecule has 1 saturated heterocycles. The second kappa shape index (κ2) is 6.25. The maximum Gasteiger partial charge on any atom is 0.211 e. The van der Waals surface area contributed by atoms with Gasteiger partial charge in [-0.05, 0) is 32.2 Å². The van der Waals surface area contributed by atoms with E-state index in [0.29, 0.717) is 19.0 Å². The van der Waals surface area contributed by atoms with E-state index in [1.54, 1.807) is 10.5 Å². The summed E-state index contributed by atoms with van der Waals surface area (Å²) in [5.41, 5.74) is 0.948. The molecule has 0 aliphatic carbocycles. The first-order valence-corrected chi connectivity index (χ1v) is 8.98. The summed E-state index contributed by atoms with van der Waals surface area (Å²) in [6.45, 7) is 1.27. The van der Waals surface area contributed by atoms with Gasteiger partial charge in [0, 0.05) is 13.1 Å². The highest BCUT2D eigenvalue weighted by Gasteiger charge is 2.28. The van der Waals surface area contributed by atoms with Crippen LogP contribution in [0, 0.1) is 5.92 Å². The van der Waals surface area contributed by atoms with Crippen LogP contribution in [-0.2, 0) is 10.0 Å². The van der Waals surface area contributed by atoms with E-state index in [4.69, 9.17) is 0 Å². The van der Waals surface area contributed by atoms with Crippen molar-refractivity contribution in [3.8, 4) is 0 Å². The Morgan fingerprint density at radius 1 is 1.63 bits per heavy atom. The van der Waals surface area contributed by atoms with Gasteiger partial charge in [-0.15, -0.1) is 0 Å². The van der Waals surface area contributed by atoms with Crippen LogP contribution in [-0.4, -0.2) is 47.9 Å². The van der Waals surface area contributed by atoms with Crippen LogP contribution in [0.2, 0.25) is 0 Å². The van der Waals surface area contributed by atoms with Crippen LogP contribution in [0.3, 0.4) is 0 Å². The molecule has 19 heavy (non-hydrogen) atoms. The monoisotopic (exact) mass is 304 g/mol. The Balaban J connectivity index is 1.98. The van der Waals surface area contributed by atoms with Gasteiger partial charge >= 0.3 is 0 Å². The average Bonchev–Trinajstić information content (AvgIpc) is 2.89. The molecule has 8 heteroatoms. The summed E-state index contributed by atoms with van der Waals surface area (Å²) in [5, 5.41) is 3.24. The highest BCUT2D eigenvalue weighted by atomic mass is 32.2. The second-order valence-electron chi connectivity index (χ2n) is 5.04. The Morgan fingerprint density at radius 3 is 3.00 bits per heavy atom. The van der Waals surface area contributed by atoms with Gasteiger partial charge in [0.25, 0.3) is 0 Å². The third kappa shape index (κ3) is 3.95. The van der Waals surface area contributed by atoms with E-state index in [0.717, 1.165) is 25.0 Å². The van der Waals surface area contributed by atoms with Crippen LogP contribution >= 0.6 is 11.7 Å². The first-order valence-electron chi connectivity index (χ1n) is 6.40. The number of aromatic nitrogens is 2. The summed E-state index contributed by atoms with van der Waals surface area (Å²) in [5.74, 6) is 0.377. The largest absolute Gasteiger partial charge is 0.312 e. The summed E-state index contributed by atoms with van der Waals surface area (Å²) >= 11 is 1.20. The minimum absolute atomic E-state index is 0.156. The van der Waals surface area contributed by atoms with Crippen molar-refractivity contribution in [3.63, 3.8) is 0 Å². The topological polar surface area (TPSA) is 75.2 Å². The maximum absolute atomic E-state index is 11.6. The lowest BCUT2D eigenvalue weighted by atomic mass is 9.91. The lowest BCUT2D eigenvalue weighted by Gasteiger charge is -2.32.